The fourth-order valence-corrected chi connectivity index (χ4v) is 2.53. The molecule has 5 nitrogen and oxygen atoms in total. The normalized spacial score (nSPS) is 12.0. The van der Waals surface area contributed by atoms with Crippen molar-refractivity contribution in [1.82, 2.24) is 4.98 Å². The van der Waals surface area contributed by atoms with Gasteiger partial charge >= 0.3 is 0 Å². The summed E-state index contributed by atoms with van der Waals surface area (Å²) in [6, 6.07) is 3.88. The second kappa shape index (κ2) is 6.37. The molecule has 1 aromatic carbocycles. The standard InChI is InChI=1S/C14H12Cl2FN3O2/c1-6(11-8(15)2-3-9(17)12(11)16)22-10-4-7(14(19)21)5-20-13(10)18/h2-6H,1H3,(H2,18,20)(H2,19,21). The van der Waals surface area contributed by atoms with Gasteiger partial charge in [-0.3, -0.25) is 4.79 Å². The first-order chi connectivity index (χ1) is 10.3. The summed E-state index contributed by atoms with van der Waals surface area (Å²) < 4.78 is 19.2. The van der Waals surface area contributed by atoms with Gasteiger partial charge in [0.25, 0.3) is 0 Å². The molecule has 1 atom stereocenters. The van der Waals surface area contributed by atoms with Crippen LogP contribution in [0.1, 0.15) is 28.9 Å². The van der Waals surface area contributed by atoms with Crippen LogP contribution in [-0.2, 0) is 0 Å². The number of anilines is 1. The van der Waals surface area contributed by atoms with Gasteiger partial charge in [0.2, 0.25) is 5.91 Å². The monoisotopic (exact) mass is 343 g/mol. The quantitative estimate of drug-likeness (QED) is 0.832. The summed E-state index contributed by atoms with van der Waals surface area (Å²) in [6.07, 6.45) is 0.514. The predicted molar refractivity (Wildman–Crippen MR) is 82.6 cm³/mol. The van der Waals surface area contributed by atoms with Crippen molar-refractivity contribution in [2.75, 3.05) is 5.73 Å². The number of carbonyl (C=O) groups excluding carboxylic acids is 1. The van der Waals surface area contributed by atoms with Crippen LogP contribution in [0.25, 0.3) is 0 Å². The van der Waals surface area contributed by atoms with E-state index in [-0.39, 0.29) is 32.7 Å². The average Bonchev–Trinajstić information content (AvgIpc) is 2.45. The maximum absolute atomic E-state index is 13.6. The fraction of sp³-hybridized carbons (Fsp3) is 0.143. The molecule has 1 unspecified atom stereocenters. The molecule has 1 heterocycles. The first-order valence-electron chi connectivity index (χ1n) is 6.16. The number of halogens is 3. The second-order valence-corrected chi connectivity index (χ2v) is 5.27. The largest absolute Gasteiger partial charge is 0.482 e. The minimum Gasteiger partial charge on any atom is -0.482 e. The lowest BCUT2D eigenvalue weighted by Crippen LogP contribution is -2.13. The third kappa shape index (κ3) is 3.23. The van der Waals surface area contributed by atoms with Crippen molar-refractivity contribution in [2.45, 2.75) is 13.0 Å². The Kier molecular flexibility index (Phi) is 4.73. The number of hydrogen-bond donors (Lipinski definition) is 2. The van der Waals surface area contributed by atoms with E-state index in [1.54, 1.807) is 6.92 Å². The summed E-state index contributed by atoms with van der Waals surface area (Å²) in [5.41, 5.74) is 11.3. The van der Waals surface area contributed by atoms with Gasteiger partial charge in [0.05, 0.1) is 10.6 Å². The van der Waals surface area contributed by atoms with Gasteiger partial charge in [-0.2, -0.15) is 0 Å². The van der Waals surface area contributed by atoms with Crippen molar-refractivity contribution in [3.63, 3.8) is 0 Å². The molecule has 8 heteroatoms. The Hall–Kier alpha value is -2.05. The summed E-state index contributed by atoms with van der Waals surface area (Å²) in [5, 5.41) is 0.106. The highest BCUT2D eigenvalue weighted by Gasteiger charge is 2.20. The zero-order valence-electron chi connectivity index (χ0n) is 11.4. The number of carbonyl (C=O) groups is 1. The topological polar surface area (TPSA) is 91.2 Å². The van der Waals surface area contributed by atoms with Crippen LogP contribution in [0.3, 0.4) is 0 Å². The Morgan fingerprint density at radius 3 is 2.73 bits per heavy atom. The van der Waals surface area contributed by atoms with E-state index >= 15 is 0 Å². The van der Waals surface area contributed by atoms with Gasteiger partial charge < -0.3 is 16.2 Å². The van der Waals surface area contributed by atoms with Crippen LogP contribution < -0.4 is 16.2 Å². The van der Waals surface area contributed by atoms with Gasteiger partial charge in [0, 0.05) is 16.8 Å². The lowest BCUT2D eigenvalue weighted by Gasteiger charge is -2.19. The van der Waals surface area contributed by atoms with Gasteiger partial charge in [-0.1, -0.05) is 23.2 Å². The molecule has 0 aliphatic rings. The first kappa shape index (κ1) is 16.3. The molecule has 22 heavy (non-hydrogen) atoms. The number of primary amides is 1. The summed E-state index contributed by atoms with van der Waals surface area (Å²) >= 11 is 12.0. The van der Waals surface area contributed by atoms with E-state index in [4.69, 9.17) is 39.4 Å². The van der Waals surface area contributed by atoms with Crippen LogP contribution in [-0.4, -0.2) is 10.9 Å². The molecule has 1 amide bonds. The Morgan fingerprint density at radius 1 is 1.41 bits per heavy atom. The van der Waals surface area contributed by atoms with Crippen LogP contribution in [0.4, 0.5) is 10.2 Å². The van der Waals surface area contributed by atoms with Crippen LogP contribution >= 0.6 is 23.2 Å². The van der Waals surface area contributed by atoms with Gasteiger partial charge in [0.1, 0.15) is 11.9 Å². The molecule has 0 saturated heterocycles. The molecule has 0 fully saturated rings. The van der Waals surface area contributed by atoms with Crippen LogP contribution in [0.2, 0.25) is 10.0 Å². The van der Waals surface area contributed by atoms with E-state index in [2.05, 4.69) is 4.98 Å². The van der Waals surface area contributed by atoms with Crippen molar-refractivity contribution < 1.29 is 13.9 Å². The molecular weight excluding hydrogens is 332 g/mol. The summed E-state index contributed by atoms with van der Waals surface area (Å²) in [6.45, 7) is 1.61. The molecule has 2 aromatic rings. The number of rotatable bonds is 4. The number of nitrogen functional groups attached to an aromatic ring is 1. The first-order valence-corrected chi connectivity index (χ1v) is 6.92. The predicted octanol–water partition coefficient (Wildman–Crippen LogP) is 3.35. The maximum Gasteiger partial charge on any atom is 0.250 e. The van der Waals surface area contributed by atoms with Crippen LogP contribution in [0, 0.1) is 5.82 Å². The van der Waals surface area contributed by atoms with E-state index in [0.29, 0.717) is 0 Å². The molecule has 0 saturated carbocycles. The fourth-order valence-electron chi connectivity index (χ4n) is 1.85. The van der Waals surface area contributed by atoms with Gasteiger partial charge in [-0.25, -0.2) is 9.37 Å². The molecule has 4 N–H and O–H groups in total. The minimum atomic E-state index is -0.720. The number of benzene rings is 1. The van der Waals surface area contributed by atoms with E-state index in [0.717, 1.165) is 6.07 Å². The summed E-state index contributed by atoms with van der Waals surface area (Å²) in [7, 11) is 0. The summed E-state index contributed by atoms with van der Waals surface area (Å²) in [5.74, 6) is -1.11. The maximum atomic E-state index is 13.6. The second-order valence-electron chi connectivity index (χ2n) is 4.49. The SMILES string of the molecule is CC(Oc1cc(C(N)=O)cnc1N)c1c(Cl)ccc(F)c1Cl. The number of nitrogens with two attached hydrogens (primary N) is 2. The molecule has 1 aromatic heterocycles. The van der Waals surface area contributed by atoms with Gasteiger partial charge in [0.15, 0.2) is 11.6 Å². The number of nitrogens with zero attached hydrogens (tertiary/aromatic N) is 1. The molecule has 116 valence electrons. The highest BCUT2D eigenvalue weighted by atomic mass is 35.5. The Morgan fingerprint density at radius 2 is 2.09 bits per heavy atom. The van der Waals surface area contributed by atoms with E-state index in [1.165, 1.54) is 18.3 Å². The molecule has 0 aliphatic heterocycles. The van der Waals surface area contributed by atoms with Crippen molar-refractivity contribution in [2.24, 2.45) is 5.73 Å². The lowest BCUT2D eigenvalue weighted by molar-refractivity contribution is 0.0999. The Bertz CT molecular complexity index is 740. The highest BCUT2D eigenvalue weighted by molar-refractivity contribution is 6.36. The zero-order chi connectivity index (χ0) is 16.4. The molecule has 0 bridgehead atoms. The number of ether oxygens (including phenoxy) is 1. The average molecular weight is 344 g/mol. The zero-order valence-corrected chi connectivity index (χ0v) is 13.0. The number of pyridine rings is 1. The van der Waals surface area contributed by atoms with E-state index in [9.17, 15) is 9.18 Å². The number of amides is 1. The van der Waals surface area contributed by atoms with Crippen molar-refractivity contribution in [3.05, 3.63) is 51.4 Å². The van der Waals surface area contributed by atoms with Crippen LogP contribution in [0.15, 0.2) is 24.4 Å². The third-order valence-electron chi connectivity index (χ3n) is 2.96. The van der Waals surface area contributed by atoms with Gasteiger partial charge in [-0.05, 0) is 25.1 Å². The Labute approximate surface area is 136 Å². The van der Waals surface area contributed by atoms with Crippen LogP contribution in [0.5, 0.6) is 5.75 Å². The third-order valence-corrected chi connectivity index (χ3v) is 3.67. The van der Waals surface area contributed by atoms with Crippen molar-refractivity contribution >= 4 is 34.9 Å². The molecule has 2 rings (SSSR count). The Balaban J connectivity index is 2.37. The van der Waals surface area contributed by atoms with Crippen molar-refractivity contribution in [3.8, 4) is 5.75 Å². The lowest BCUT2D eigenvalue weighted by atomic mass is 10.1. The van der Waals surface area contributed by atoms with Gasteiger partial charge in [-0.15, -0.1) is 0 Å². The number of hydrogen-bond acceptors (Lipinski definition) is 4. The molecule has 0 radical (unpaired) electrons. The van der Waals surface area contributed by atoms with E-state index in [1.807, 2.05) is 0 Å². The molecular formula is C14H12Cl2FN3O2. The minimum absolute atomic E-state index is 0.0560. The van der Waals surface area contributed by atoms with E-state index < -0.39 is 17.8 Å². The smallest absolute Gasteiger partial charge is 0.250 e. The summed E-state index contributed by atoms with van der Waals surface area (Å²) in [4.78, 5) is 15.0. The highest BCUT2D eigenvalue weighted by Crippen LogP contribution is 2.35. The van der Waals surface area contributed by atoms with Crippen molar-refractivity contribution in [1.29, 1.82) is 0 Å². The molecule has 0 aliphatic carbocycles. The number of aromatic nitrogens is 1. The molecule has 0 spiro atoms.